The number of fused-ring (bicyclic) bond motifs is 1. The van der Waals surface area contributed by atoms with Crippen LogP contribution >= 0.6 is 0 Å². The van der Waals surface area contributed by atoms with Crippen molar-refractivity contribution in [3.8, 4) is 5.88 Å². The summed E-state index contributed by atoms with van der Waals surface area (Å²) in [5.74, 6) is 1.56. The first kappa shape index (κ1) is 13.7. The maximum atomic E-state index is 12.1. The van der Waals surface area contributed by atoms with E-state index in [0.717, 1.165) is 24.4 Å². The molecule has 0 aromatic carbocycles. The van der Waals surface area contributed by atoms with Gasteiger partial charge in [-0.25, -0.2) is 9.67 Å². The van der Waals surface area contributed by atoms with Crippen LogP contribution < -0.4 is 10.1 Å². The van der Waals surface area contributed by atoms with Gasteiger partial charge in [0.1, 0.15) is 12.4 Å². The zero-order chi connectivity index (χ0) is 14.8. The number of rotatable bonds is 5. The van der Waals surface area contributed by atoms with E-state index in [-0.39, 0.29) is 5.91 Å². The molecular formula is C14H19N5O2. The summed E-state index contributed by atoms with van der Waals surface area (Å²) in [6, 6.07) is 0. The Morgan fingerprint density at radius 2 is 2.33 bits per heavy atom. The Morgan fingerprint density at radius 3 is 3.05 bits per heavy atom. The van der Waals surface area contributed by atoms with E-state index in [1.165, 1.54) is 0 Å². The van der Waals surface area contributed by atoms with Crippen LogP contribution in [0.3, 0.4) is 0 Å². The first-order valence-electron chi connectivity index (χ1n) is 7.13. The highest BCUT2D eigenvalue weighted by Gasteiger charge is 2.23. The molecular weight excluding hydrogens is 270 g/mol. The molecule has 0 unspecified atom stereocenters. The second-order valence-corrected chi connectivity index (χ2v) is 5.13. The van der Waals surface area contributed by atoms with Gasteiger partial charge in [-0.1, -0.05) is 0 Å². The molecule has 1 aliphatic heterocycles. The molecule has 0 atom stereocenters. The van der Waals surface area contributed by atoms with E-state index >= 15 is 0 Å². The van der Waals surface area contributed by atoms with Crippen molar-refractivity contribution in [2.24, 2.45) is 0 Å². The van der Waals surface area contributed by atoms with Gasteiger partial charge in [-0.3, -0.25) is 4.79 Å². The Labute approximate surface area is 122 Å². The van der Waals surface area contributed by atoms with Crippen molar-refractivity contribution in [2.75, 3.05) is 13.2 Å². The second kappa shape index (κ2) is 5.59. The molecule has 112 valence electrons. The number of amides is 1. The van der Waals surface area contributed by atoms with Gasteiger partial charge in [0, 0.05) is 31.0 Å². The number of hydrogen-bond donors (Lipinski definition) is 1. The van der Waals surface area contributed by atoms with E-state index in [2.05, 4.69) is 20.0 Å². The number of nitrogens with one attached hydrogen (secondary N) is 1. The zero-order valence-electron chi connectivity index (χ0n) is 12.3. The Bertz CT molecular complexity index is 658. The molecule has 7 heteroatoms. The topological polar surface area (TPSA) is 74.0 Å². The Balaban J connectivity index is 1.52. The van der Waals surface area contributed by atoms with Crippen LogP contribution in [0.25, 0.3) is 0 Å². The lowest BCUT2D eigenvalue weighted by Gasteiger charge is -2.06. The smallest absolute Gasteiger partial charge is 0.272 e. The highest BCUT2D eigenvalue weighted by molar-refractivity contribution is 5.94. The number of aromatic nitrogens is 4. The third-order valence-electron chi connectivity index (χ3n) is 3.67. The van der Waals surface area contributed by atoms with E-state index in [4.69, 9.17) is 4.74 Å². The maximum Gasteiger partial charge on any atom is 0.272 e. The second-order valence-electron chi connectivity index (χ2n) is 5.13. The van der Waals surface area contributed by atoms with Gasteiger partial charge in [0.25, 0.3) is 5.91 Å². The predicted octanol–water partition coefficient (Wildman–Crippen LogP) is 0.909. The van der Waals surface area contributed by atoms with E-state index in [0.29, 0.717) is 31.3 Å². The first-order chi connectivity index (χ1) is 10.2. The minimum atomic E-state index is -0.139. The molecule has 0 bridgehead atoms. The Morgan fingerprint density at radius 1 is 1.48 bits per heavy atom. The van der Waals surface area contributed by atoms with Crippen molar-refractivity contribution in [2.45, 2.75) is 33.4 Å². The molecule has 2 aromatic heterocycles. The van der Waals surface area contributed by atoms with Crippen LogP contribution in [0.5, 0.6) is 5.88 Å². The molecule has 0 saturated carbocycles. The average Bonchev–Trinajstić information content (AvgIpc) is 3.14. The number of carbonyl (C=O) groups is 1. The van der Waals surface area contributed by atoms with Crippen molar-refractivity contribution in [1.82, 2.24) is 24.6 Å². The first-order valence-corrected chi connectivity index (χ1v) is 7.13. The number of nitrogens with zero attached hydrogens (tertiary/aromatic N) is 4. The lowest BCUT2D eigenvalue weighted by Crippen LogP contribution is -2.26. The number of imidazole rings is 1. The van der Waals surface area contributed by atoms with Crippen molar-refractivity contribution in [1.29, 1.82) is 0 Å². The standard InChI is InChI=1S/C14H19N5O2/c1-10-12(17-19-8-9-21-14(10)19)13(20)16-4-3-6-18-7-5-15-11(18)2/h5,7H,3-4,6,8-9H2,1-2H3,(H,16,20). The molecule has 21 heavy (non-hydrogen) atoms. The monoisotopic (exact) mass is 289 g/mol. The molecule has 0 spiro atoms. The van der Waals surface area contributed by atoms with Gasteiger partial charge in [0.15, 0.2) is 5.69 Å². The SMILES string of the molecule is Cc1c(C(=O)NCCCn2ccnc2C)nn2c1OCC2. The van der Waals surface area contributed by atoms with Crippen LogP contribution in [-0.4, -0.2) is 38.4 Å². The Kier molecular flexibility index (Phi) is 3.64. The highest BCUT2D eigenvalue weighted by Crippen LogP contribution is 2.25. The molecule has 2 aromatic rings. The summed E-state index contributed by atoms with van der Waals surface area (Å²) >= 11 is 0. The van der Waals surface area contributed by atoms with Crippen molar-refractivity contribution in [3.63, 3.8) is 0 Å². The zero-order valence-corrected chi connectivity index (χ0v) is 12.3. The number of aryl methyl sites for hydroxylation is 2. The van der Waals surface area contributed by atoms with Gasteiger partial charge in [-0.05, 0) is 20.3 Å². The van der Waals surface area contributed by atoms with Crippen LogP contribution in [0.4, 0.5) is 0 Å². The fourth-order valence-corrected chi connectivity index (χ4v) is 2.49. The van der Waals surface area contributed by atoms with Crippen molar-refractivity contribution in [3.05, 3.63) is 29.5 Å². The molecule has 0 radical (unpaired) electrons. The Hall–Kier alpha value is -2.31. The van der Waals surface area contributed by atoms with Gasteiger partial charge in [0.05, 0.1) is 6.54 Å². The van der Waals surface area contributed by atoms with Gasteiger partial charge >= 0.3 is 0 Å². The fraction of sp³-hybridized carbons (Fsp3) is 0.500. The summed E-state index contributed by atoms with van der Waals surface area (Å²) in [6.45, 7) is 6.63. The van der Waals surface area contributed by atoms with Crippen LogP contribution in [0.15, 0.2) is 12.4 Å². The molecule has 0 aliphatic carbocycles. The lowest BCUT2D eigenvalue weighted by molar-refractivity contribution is 0.0946. The van der Waals surface area contributed by atoms with Crippen LogP contribution in [-0.2, 0) is 13.1 Å². The van der Waals surface area contributed by atoms with Crippen LogP contribution in [0.1, 0.15) is 28.3 Å². The molecule has 1 amide bonds. The van der Waals surface area contributed by atoms with E-state index in [1.807, 2.05) is 20.0 Å². The predicted molar refractivity (Wildman–Crippen MR) is 76.4 cm³/mol. The van der Waals surface area contributed by atoms with Gasteiger partial charge in [-0.15, -0.1) is 0 Å². The maximum absolute atomic E-state index is 12.1. The molecule has 0 fully saturated rings. The average molecular weight is 289 g/mol. The minimum Gasteiger partial charge on any atom is -0.476 e. The number of carbonyl (C=O) groups excluding carboxylic acids is 1. The number of ether oxygens (including phenoxy) is 1. The quantitative estimate of drug-likeness (QED) is 0.830. The highest BCUT2D eigenvalue weighted by atomic mass is 16.5. The van der Waals surface area contributed by atoms with E-state index in [9.17, 15) is 4.79 Å². The summed E-state index contributed by atoms with van der Waals surface area (Å²) in [5, 5.41) is 7.20. The lowest BCUT2D eigenvalue weighted by atomic mass is 10.2. The molecule has 7 nitrogen and oxygen atoms in total. The van der Waals surface area contributed by atoms with Gasteiger partial charge in [0.2, 0.25) is 5.88 Å². The molecule has 1 aliphatic rings. The molecule has 3 heterocycles. The molecule has 3 rings (SSSR count). The van der Waals surface area contributed by atoms with Gasteiger partial charge < -0.3 is 14.6 Å². The van der Waals surface area contributed by atoms with Crippen LogP contribution in [0.2, 0.25) is 0 Å². The summed E-state index contributed by atoms with van der Waals surface area (Å²) in [4.78, 5) is 16.3. The minimum absolute atomic E-state index is 0.139. The van der Waals surface area contributed by atoms with Crippen molar-refractivity contribution < 1.29 is 9.53 Å². The summed E-state index contributed by atoms with van der Waals surface area (Å²) in [7, 11) is 0. The molecule has 0 saturated heterocycles. The van der Waals surface area contributed by atoms with Crippen LogP contribution in [0, 0.1) is 13.8 Å². The fourth-order valence-electron chi connectivity index (χ4n) is 2.49. The normalized spacial score (nSPS) is 13.0. The summed E-state index contributed by atoms with van der Waals surface area (Å²) in [5.41, 5.74) is 1.28. The van der Waals surface area contributed by atoms with E-state index < -0.39 is 0 Å². The third-order valence-corrected chi connectivity index (χ3v) is 3.67. The van der Waals surface area contributed by atoms with E-state index in [1.54, 1.807) is 10.9 Å². The van der Waals surface area contributed by atoms with Gasteiger partial charge in [-0.2, -0.15) is 5.10 Å². The summed E-state index contributed by atoms with van der Waals surface area (Å²) < 4.78 is 9.27. The molecule has 1 N–H and O–H groups in total. The van der Waals surface area contributed by atoms with Crippen molar-refractivity contribution >= 4 is 5.91 Å². The third kappa shape index (κ3) is 2.63. The number of hydrogen-bond acceptors (Lipinski definition) is 4. The summed E-state index contributed by atoms with van der Waals surface area (Å²) in [6.07, 6.45) is 4.58. The largest absolute Gasteiger partial charge is 0.476 e.